The molecular weight excluding hydrogens is 412 g/mol. The number of aliphatic hydroxyl groups excluding tert-OH is 4. The van der Waals surface area contributed by atoms with Gasteiger partial charge in [0, 0.05) is 6.07 Å². The molecule has 2 aromatic carbocycles. The molecule has 1 fully saturated rings. The van der Waals surface area contributed by atoms with Crippen LogP contribution < -0.4 is 4.74 Å². The number of aliphatic hydroxyl groups is 4. The summed E-state index contributed by atoms with van der Waals surface area (Å²) in [6.45, 7) is -0.690. The van der Waals surface area contributed by atoms with Crippen LogP contribution in [0, 0.1) is 0 Å². The molecule has 0 radical (unpaired) electrons. The molecule has 6 atom stereocenters. The first-order valence-electron chi connectivity index (χ1n) is 9.61. The summed E-state index contributed by atoms with van der Waals surface area (Å²) in [5.41, 5.74) is 0.0178. The first-order valence-corrected chi connectivity index (χ1v) is 9.61. The van der Waals surface area contributed by atoms with Gasteiger partial charge >= 0.3 is 0 Å². The third-order valence-electron chi connectivity index (χ3n) is 5.64. The highest BCUT2D eigenvalue weighted by Gasteiger charge is 2.47. The largest absolute Gasteiger partial charge is 0.508 e. The van der Waals surface area contributed by atoms with E-state index in [1.165, 1.54) is 12.1 Å². The smallest absolute Gasteiger partial charge is 0.174 e. The second-order valence-corrected chi connectivity index (χ2v) is 7.61. The Kier molecular flexibility index (Phi) is 5.50. The van der Waals surface area contributed by atoms with Crippen LogP contribution in [0.4, 0.5) is 0 Å². The van der Waals surface area contributed by atoms with Crippen LogP contribution in [0.15, 0.2) is 30.3 Å². The molecule has 0 bridgehead atoms. The highest BCUT2D eigenvalue weighted by molar-refractivity contribution is 6.03. The van der Waals surface area contributed by atoms with E-state index < -0.39 is 60.5 Å². The Morgan fingerprint density at radius 2 is 1.65 bits per heavy atom. The Bertz CT molecular complexity index is 987. The minimum absolute atomic E-state index is 0.0470. The van der Waals surface area contributed by atoms with Crippen LogP contribution in [-0.2, 0) is 4.74 Å². The Labute approximate surface area is 176 Å². The average molecular weight is 434 g/mol. The molecule has 0 amide bonds. The van der Waals surface area contributed by atoms with E-state index in [4.69, 9.17) is 9.47 Å². The first kappa shape index (κ1) is 21.3. The summed E-state index contributed by atoms with van der Waals surface area (Å²) in [4.78, 5) is 12.8. The molecule has 0 aromatic heterocycles. The molecule has 10 nitrogen and oxygen atoms in total. The fraction of sp³-hybridized carbons (Fsp3) is 0.381. The Balaban J connectivity index is 1.72. The van der Waals surface area contributed by atoms with Gasteiger partial charge in [-0.05, 0) is 17.7 Å². The molecule has 0 spiro atoms. The van der Waals surface area contributed by atoms with E-state index in [9.17, 15) is 40.5 Å². The molecule has 2 aromatic rings. The standard InChI is InChI=1S/C21H22O10/c22-7-14-17(26)19(28)20(29)21(31-14)16-11(25)6-13-15(18(16)27)10(24)5-12(30-13)8-1-3-9(23)4-2-8/h1-4,6,12,14,17,19-23,25-29H,5,7H2/t12-,14-,17+,19+,20+,21+/m0/s1. The molecule has 10 heteroatoms. The number of hydrogen-bond donors (Lipinski definition) is 7. The minimum Gasteiger partial charge on any atom is -0.508 e. The normalized spacial score (nSPS) is 30.5. The van der Waals surface area contributed by atoms with Gasteiger partial charge in [0.15, 0.2) is 5.78 Å². The fourth-order valence-corrected chi connectivity index (χ4v) is 3.97. The van der Waals surface area contributed by atoms with Crippen molar-refractivity contribution in [3.63, 3.8) is 0 Å². The second-order valence-electron chi connectivity index (χ2n) is 7.61. The van der Waals surface area contributed by atoms with Gasteiger partial charge in [-0.15, -0.1) is 0 Å². The van der Waals surface area contributed by atoms with Gasteiger partial charge in [-0.2, -0.15) is 0 Å². The van der Waals surface area contributed by atoms with Gasteiger partial charge < -0.3 is 45.2 Å². The third-order valence-corrected chi connectivity index (χ3v) is 5.64. The Morgan fingerprint density at radius 3 is 2.29 bits per heavy atom. The predicted molar refractivity (Wildman–Crippen MR) is 103 cm³/mol. The number of fused-ring (bicyclic) bond motifs is 1. The number of benzene rings is 2. The molecule has 1 saturated heterocycles. The van der Waals surface area contributed by atoms with Crippen LogP contribution in [0.25, 0.3) is 0 Å². The quantitative estimate of drug-likeness (QED) is 0.348. The molecule has 31 heavy (non-hydrogen) atoms. The molecule has 7 N–H and O–H groups in total. The van der Waals surface area contributed by atoms with Crippen molar-refractivity contribution in [3.8, 4) is 23.0 Å². The highest BCUT2D eigenvalue weighted by Crippen LogP contribution is 2.49. The molecule has 166 valence electrons. The van der Waals surface area contributed by atoms with E-state index in [-0.39, 0.29) is 29.0 Å². The summed E-state index contributed by atoms with van der Waals surface area (Å²) in [5.74, 6) is -1.79. The van der Waals surface area contributed by atoms with Crippen molar-refractivity contribution in [1.82, 2.24) is 0 Å². The van der Waals surface area contributed by atoms with Crippen LogP contribution in [0.2, 0.25) is 0 Å². The lowest BCUT2D eigenvalue weighted by atomic mass is 9.87. The Morgan fingerprint density at radius 1 is 0.968 bits per heavy atom. The molecule has 0 saturated carbocycles. The number of ketones is 1. The number of phenols is 3. The zero-order valence-corrected chi connectivity index (χ0v) is 16.1. The fourth-order valence-electron chi connectivity index (χ4n) is 3.97. The van der Waals surface area contributed by atoms with Crippen molar-refractivity contribution >= 4 is 5.78 Å². The number of aromatic hydroxyl groups is 3. The van der Waals surface area contributed by atoms with Crippen molar-refractivity contribution in [1.29, 1.82) is 0 Å². The zero-order valence-electron chi connectivity index (χ0n) is 16.1. The number of phenolic OH excluding ortho intramolecular Hbond substituents is 3. The lowest BCUT2D eigenvalue weighted by Gasteiger charge is -2.40. The summed E-state index contributed by atoms with van der Waals surface area (Å²) in [5, 5.41) is 70.4. The lowest BCUT2D eigenvalue weighted by Crippen LogP contribution is -2.55. The number of rotatable bonds is 3. The maximum absolute atomic E-state index is 12.8. The van der Waals surface area contributed by atoms with Crippen molar-refractivity contribution in [2.45, 2.75) is 43.0 Å². The van der Waals surface area contributed by atoms with Crippen molar-refractivity contribution in [2.75, 3.05) is 6.61 Å². The molecule has 2 heterocycles. The predicted octanol–water partition coefficient (Wildman–Crippen LogP) is 0.0248. The van der Waals surface area contributed by atoms with Crippen molar-refractivity contribution in [3.05, 3.63) is 47.0 Å². The van der Waals surface area contributed by atoms with Crippen LogP contribution in [-0.4, -0.2) is 72.6 Å². The van der Waals surface area contributed by atoms with E-state index >= 15 is 0 Å². The monoisotopic (exact) mass is 434 g/mol. The summed E-state index contributed by atoms with van der Waals surface area (Å²) < 4.78 is 11.2. The first-order chi connectivity index (χ1) is 14.7. The molecule has 4 rings (SSSR count). The number of carbonyl (C=O) groups excluding carboxylic acids is 1. The summed E-state index contributed by atoms with van der Waals surface area (Å²) in [7, 11) is 0. The van der Waals surface area contributed by atoms with E-state index in [1.54, 1.807) is 12.1 Å². The van der Waals surface area contributed by atoms with Crippen LogP contribution in [0.1, 0.15) is 40.1 Å². The lowest BCUT2D eigenvalue weighted by molar-refractivity contribution is -0.232. The van der Waals surface area contributed by atoms with Gasteiger partial charge in [-0.3, -0.25) is 4.79 Å². The van der Waals surface area contributed by atoms with E-state index in [2.05, 4.69) is 0 Å². The topological polar surface area (TPSA) is 177 Å². The molecule has 0 aliphatic carbocycles. The van der Waals surface area contributed by atoms with E-state index in [1.807, 2.05) is 0 Å². The summed E-state index contributed by atoms with van der Waals surface area (Å²) in [6, 6.07) is 7.14. The minimum atomic E-state index is -1.75. The number of carbonyl (C=O) groups is 1. The van der Waals surface area contributed by atoms with Gasteiger partial charge in [0.25, 0.3) is 0 Å². The van der Waals surface area contributed by atoms with Gasteiger partial charge in [-0.1, -0.05) is 12.1 Å². The van der Waals surface area contributed by atoms with Crippen LogP contribution >= 0.6 is 0 Å². The number of ether oxygens (including phenoxy) is 2. The highest BCUT2D eigenvalue weighted by atomic mass is 16.5. The van der Waals surface area contributed by atoms with Gasteiger partial charge in [0.2, 0.25) is 0 Å². The van der Waals surface area contributed by atoms with Crippen molar-refractivity contribution < 1.29 is 50.0 Å². The SMILES string of the molecule is O=C1C[C@@H](c2ccc(O)cc2)Oc2cc(O)c([C@H]3O[C@@H](CO)[C@@H](O)[C@@H](O)[C@H]3O)c(O)c21. The maximum atomic E-state index is 12.8. The summed E-state index contributed by atoms with van der Waals surface area (Å²) in [6.07, 6.45) is -8.72. The van der Waals surface area contributed by atoms with E-state index in [0.717, 1.165) is 6.07 Å². The number of Topliss-reactive ketones (excluding diaryl/α,β-unsaturated/α-hetero) is 1. The molecule has 2 aliphatic rings. The van der Waals surface area contributed by atoms with E-state index in [0.29, 0.717) is 5.56 Å². The third kappa shape index (κ3) is 3.58. The van der Waals surface area contributed by atoms with Gasteiger partial charge in [0.05, 0.1) is 18.6 Å². The van der Waals surface area contributed by atoms with Crippen LogP contribution in [0.3, 0.4) is 0 Å². The van der Waals surface area contributed by atoms with Crippen LogP contribution in [0.5, 0.6) is 23.0 Å². The molecule has 0 unspecified atom stereocenters. The van der Waals surface area contributed by atoms with Gasteiger partial charge in [-0.25, -0.2) is 0 Å². The average Bonchev–Trinajstić information content (AvgIpc) is 2.73. The van der Waals surface area contributed by atoms with Crippen molar-refractivity contribution in [2.24, 2.45) is 0 Å². The van der Waals surface area contributed by atoms with Gasteiger partial charge in [0.1, 0.15) is 65.2 Å². The number of hydrogen-bond acceptors (Lipinski definition) is 10. The second kappa shape index (κ2) is 7.98. The zero-order chi connectivity index (χ0) is 22.4. The maximum Gasteiger partial charge on any atom is 0.174 e. The Hall–Kier alpha value is -2.89. The molecular formula is C21H22O10. The molecule has 2 aliphatic heterocycles. The summed E-state index contributed by atoms with van der Waals surface area (Å²) >= 11 is 0.